The van der Waals surface area contributed by atoms with Crippen molar-refractivity contribution in [1.82, 2.24) is 4.72 Å². The number of carbonyl (C=O) groups is 1. The maximum atomic E-state index is 14.7. The highest BCUT2D eigenvalue weighted by Gasteiger charge is 2.44. The summed E-state index contributed by atoms with van der Waals surface area (Å²) in [5, 5.41) is 8.57. The standard InChI is InChI=1S/C16H20F3NO3S/c1-15(2,3)24(23)20-16(4,10-7-5-6-8-11(10)17)13(19)9-12(18)14(21)22/h5-9,13,20H,1-4H3,(H,21,22)/t13-,16+,24?/m0/s1. The van der Waals surface area contributed by atoms with Gasteiger partial charge in [-0.15, -0.1) is 4.72 Å². The second-order valence-electron chi connectivity index (χ2n) is 6.39. The van der Waals surface area contributed by atoms with Crippen molar-refractivity contribution in [2.24, 2.45) is 0 Å². The smallest absolute Gasteiger partial charge is 0.364 e. The van der Waals surface area contributed by atoms with Crippen LogP contribution in [0.15, 0.2) is 36.2 Å². The molecule has 0 heterocycles. The number of hydrogen-bond donors (Lipinski definition) is 2. The van der Waals surface area contributed by atoms with E-state index in [2.05, 4.69) is 4.72 Å². The Morgan fingerprint density at radius 1 is 1.33 bits per heavy atom. The molecule has 1 aromatic rings. The summed E-state index contributed by atoms with van der Waals surface area (Å²) in [6, 6.07) is 5.18. The Balaban J connectivity index is 3.39. The van der Waals surface area contributed by atoms with Crippen molar-refractivity contribution in [3.8, 4) is 0 Å². The molecule has 24 heavy (non-hydrogen) atoms. The summed E-state index contributed by atoms with van der Waals surface area (Å²) >= 11 is -1.82. The first-order chi connectivity index (χ1) is 10.9. The molecule has 134 valence electrons. The molecule has 3 atom stereocenters. The molecule has 1 rings (SSSR count). The van der Waals surface area contributed by atoms with E-state index in [1.165, 1.54) is 25.1 Å². The second-order valence-corrected chi connectivity index (χ2v) is 8.35. The number of nitrogens with one attached hydrogen (secondary N) is 1. The first-order valence-electron chi connectivity index (χ1n) is 7.09. The average molecular weight is 363 g/mol. The zero-order chi connectivity index (χ0) is 18.7. The summed E-state index contributed by atoms with van der Waals surface area (Å²) < 4.78 is 56.3. The second kappa shape index (κ2) is 7.58. The Morgan fingerprint density at radius 2 is 1.88 bits per heavy atom. The minimum Gasteiger partial charge on any atom is -0.598 e. The van der Waals surface area contributed by atoms with Gasteiger partial charge < -0.3 is 9.66 Å². The lowest BCUT2D eigenvalue weighted by atomic mass is 9.87. The molecule has 0 fully saturated rings. The molecule has 0 saturated carbocycles. The molecular formula is C16H20F3NO3S. The van der Waals surface area contributed by atoms with Gasteiger partial charge in [-0.25, -0.2) is 13.6 Å². The number of carboxylic acid groups (broad SMARTS) is 1. The summed E-state index contributed by atoms with van der Waals surface area (Å²) in [6.45, 7) is 6.07. The van der Waals surface area contributed by atoms with Crippen LogP contribution in [0.3, 0.4) is 0 Å². The van der Waals surface area contributed by atoms with Crippen LogP contribution in [-0.2, 0) is 21.7 Å². The van der Waals surface area contributed by atoms with Gasteiger partial charge in [0.15, 0.2) is 0 Å². The normalized spacial score (nSPS) is 17.9. The van der Waals surface area contributed by atoms with Gasteiger partial charge in [0.25, 0.3) is 0 Å². The van der Waals surface area contributed by atoms with Crippen molar-refractivity contribution in [3.63, 3.8) is 0 Å². The van der Waals surface area contributed by atoms with Gasteiger partial charge in [-0.3, -0.25) is 0 Å². The number of benzene rings is 1. The van der Waals surface area contributed by atoms with E-state index in [9.17, 15) is 22.5 Å². The molecule has 0 amide bonds. The number of halogens is 3. The van der Waals surface area contributed by atoms with Crippen molar-refractivity contribution >= 4 is 17.3 Å². The van der Waals surface area contributed by atoms with Crippen LogP contribution in [0.4, 0.5) is 13.2 Å². The molecule has 0 radical (unpaired) electrons. The first-order valence-corrected chi connectivity index (χ1v) is 8.24. The van der Waals surface area contributed by atoms with Gasteiger partial charge >= 0.3 is 5.97 Å². The third kappa shape index (κ3) is 4.75. The zero-order valence-electron chi connectivity index (χ0n) is 13.8. The predicted molar refractivity (Wildman–Crippen MR) is 86.5 cm³/mol. The topological polar surface area (TPSA) is 72.4 Å². The van der Waals surface area contributed by atoms with Gasteiger partial charge in [-0.2, -0.15) is 4.39 Å². The summed E-state index contributed by atoms with van der Waals surface area (Å²) in [7, 11) is 0. The molecule has 0 aliphatic heterocycles. The minimum absolute atomic E-state index is 0.190. The molecule has 0 aliphatic carbocycles. The Morgan fingerprint density at radius 3 is 2.33 bits per heavy atom. The Labute approximate surface area is 142 Å². The van der Waals surface area contributed by atoms with Crippen molar-refractivity contribution in [2.45, 2.75) is 44.2 Å². The maximum absolute atomic E-state index is 14.7. The van der Waals surface area contributed by atoms with Crippen LogP contribution < -0.4 is 4.72 Å². The van der Waals surface area contributed by atoms with Crippen LogP contribution >= 0.6 is 0 Å². The molecule has 2 N–H and O–H groups in total. The fraction of sp³-hybridized carbons (Fsp3) is 0.438. The Bertz CT molecular complexity index is 633. The maximum Gasteiger partial charge on any atom is 0.364 e. The van der Waals surface area contributed by atoms with Crippen LogP contribution in [-0.4, -0.2) is 26.5 Å². The molecule has 0 spiro atoms. The number of rotatable bonds is 6. The van der Waals surface area contributed by atoms with Gasteiger partial charge in [0, 0.05) is 16.9 Å². The zero-order valence-corrected chi connectivity index (χ0v) is 14.6. The lowest BCUT2D eigenvalue weighted by molar-refractivity contribution is -0.134. The van der Waals surface area contributed by atoms with E-state index < -0.39 is 45.4 Å². The molecule has 0 saturated heterocycles. The SMILES string of the molecule is CC(C)(C)[S+]([O-])N[C@](C)(c1ccccc1F)[C@@H](F)C=C(F)C(=O)O. The molecule has 0 bridgehead atoms. The lowest BCUT2D eigenvalue weighted by Crippen LogP contribution is -2.54. The van der Waals surface area contributed by atoms with Gasteiger partial charge in [0.1, 0.15) is 22.3 Å². The number of alkyl halides is 1. The van der Waals surface area contributed by atoms with E-state index in [1.54, 1.807) is 20.8 Å². The van der Waals surface area contributed by atoms with Crippen LogP contribution in [0, 0.1) is 5.82 Å². The summed E-state index contributed by atoms with van der Waals surface area (Å²) in [5.74, 6) is -4.44. The highest BCUT2D eigenvalue weighted by atomic mass is 32.2. The quantitative estimate of drug-likeness (QED) is 0.600. The molecular weight excluding hydrogens is 343 g/mol. The molecule has 1 aromatic carbocycles. The fourth-order valence-corrected chi connectivity index (χ4v) is 2.77. The summed E-state index contributed by atoms with van der Waals surface area (Å²) in [5.41, 5.74) is -2.12. The van der Waals surface area contributed by atoms with Crippen LogP contribution in [0.25, 0.3) is 0 Å². The molecule has 0 aliphatic rings. The summed E-state index contributed by atoms with van der Waals surface area (Å²) in [4.78, 5) is 10.6. The Kier molecular flexibility index (Phi) is 6.49. The van der Waals surface area contributed by atoms with E-state index >= 15 is 0 Å². The monoisotopic (exact) mass is 363 g/mol. The lowest BCUT2D eigenvalue weighted by Gasteiger charge is -2.36. The van der Waals surface area contributed by atoms with Gasteiger partial charge in [0.2, 0.25) is 5.83 Å². The van der Waals surface area contributed by atoms with Crippen LogP contribution in [0.5, 0.6) is 0 Å². The Hall–Kier alpha value is -1.51. The largest absolute Gasteiger partial charge is 0.598 e. The molecule has 4 nitrogen and oxygen atoms in total. The predicted octanol–water partition coefficient (Wildman–Crippen LogP) is 3.37. The number of carboxylic acids is 1. The van der Waals surface area contributed by atoms with Crippen molar-refractivity contribution in [1.29, 1.82) is 0 Å². The minimum atomic E-state index is -2.28. The molecule has 1 unspecified atom stereocenters. The van der Waals surface area contributed by atoms with Gasteiger partial charge in [-0.1, -0.05) is 18.2 Å². The van der Waals surface area contributed by atoms with Crippen molar-refractivity contribution in [3.05, 3.63) is 47.5 Å². The van der Waals surface area contributed by atoms with E-state index in [0.717, 1.165) is 6.07 Å². The van der Waals surface area contributed by atoms with Crippen LogP contribution in [0.2, 0.25) is 0 Å². The molecule has 0 aromatic heterocycles. The van der Waals surface area contributed by atoms with E-state index in [1.807, 2.05) is 0 Å². The van der Waals surface area contributed by atoms with Gasteiger partial charge in [0.05, 0.1) is 0 Å². The van der Waals surface area contributed by atoms with Crippen molar-refractivity contribution < 1.29 is 27.6 Å². The summed E-state index contributed by atoms with van der Waals surface area (Å²) in [6.07, 6.45) is -2.06. The van der Waals surface area contributed by atoms with Crippen LogP contribution in [0.1, 0.15) is 33.3 Å². The van der Waals surface area contributed by atoms with E-state index in [-0.39, 0.29) is 11.6 Å². The number of aliphatic carboxylic acids is 1. The van der Waals surface area contributed by atoms with Gasteiger partial charge in [-0.05, 0) is 39.8 Å². The molecule has 8 heteroatoms. The third-order valence-corrected chi connectivity index (χ3v) is 5.06. The first kappa shape index (κ1) is 20.5. The number of hydrogen-bond acceptors (Lipinski definition) is 3. The third-order valence-electron chi connectivity index (χ3n) is 3.34. The van der Waals surface area contributed by atoms with E-state index in [4.69, 9.17) is 5.11 Å². The highest BCUT2D eigenvalue weighted by molar-refractivity contribution is 7.90. The van der Waals surface area contributed by atoms with E-state index in [0.29, 0.717) is 0 Å². The van der Waals surface area contributed by atoms with Crippen molar-refractivity contribution in [2.75, 3.05) is 0 Å². The highest BCUT2D eigenvalue weighted by Crippen LogP contribution is 2.33. The average Bonchev–Trinajstić information content (AvgIpc) is 2.46. The fourth-order valence-electron chi connectivity index (χ4n) is 1.85.